The molecule has 28 heavy (non-hydrogen) atoms. The monoisotopic (exact) mass is 375 g/mol. The molecule has 0 aliphatic carbocycles. The summed E-state index contributed by atoms with van der Waals surface area (Å²) in [4.78, 5) is 29.0. The van der Waals surface area contributed by atoms with E-state index in [1.165, 1.54) is 17.8 Å². The van der Waals surface area contributed by atoms with Crippen molar-refractivity contribution in [3.05, 3.63) is 83.7 Å². The molecule has 0 saturated carbocycles. The van der Waals surface area contributed by atoms with Crippen LogP contribution < -0.4 is 15.4 Å². The van der Waals surface area contributed by atoms with E-state index in [0.29, 0.717) is 22.7 Å². The average Bonchev–Trinajstić information content (AvgIpc) is 2.74. The molecule has 1 heterocycles. The summed E-state index contributed by atoms with van der Waals surface area (Å²) >= 11 is 0. The van der Waals surface area contributed by atoms with Crippen LogP contribution in [0.3, 0.4) is 0 Å². The van der Waals surface area contributed by atoms with Gasteiger partial charge in [0.25, 0.3) is 11.8 Å². The highest BCUT2D eigenvalue weighted by atomic mass is 16.5. The number of anilines is 2. The number of benzene rings is 2. The second-order valence-corrected chi connectivity index (χ2v) is 6.12. The van der Waals surface area contributed by atoms with Crippen molar-refractivity contribution in [1.29, 1.82) is 0 Å². The zero-order valence-corrected chi connectivity index (χ0v) is 15.7. The first-order valence-corrected chi connectivity index (χ1v) is 8.91. The first-order valence-electron chi connectivity index (χ1n) is 8.91. The summed E-state index contributed by atoms with van der Waals surface area (Å²) in [6.45, 7) is 2.07. The zero-order chi connectivity index (χ0) is 19.9. The van der Waals surface area contributed by atoms with E-state index in [1.807, 2.05) is 24.3 Å². The molecule has 1 aromatic heterocycles. The number of nitrogens with one attached hydrogen (secondary N) is 2. The number of pyridine rings is 1. The molecule has 2 aromatic carbocycles. The van der Waals surface area contributed by atoms with E-state index in [2.05, 4.69) is 22.5 Å². The van der Waals surface area contributed by atoms with Crippen LogP contribution in [-0.4, -0.2) is 23.9 Å². The number of carbonyl (C=O) groups is 2. The minimum absolute atomic E-state index is 0.165. The number of nitrogens with zero attached hydrogens (tertiary/aromatic N) is 1. The number of methoxy groups -OCH3 is 1. The standard InChI is InChI=1S/C22H21N3O3/c1-3-15-7-9-17(10-8-15)24-22(27)20-13-16(11-12-23-20)21(26)25-18-5-4-6-19(14-18)28-2/h4-14H,3H2,1-2H3,(H,24,27)(H,25,26). The molecule has 0 unspecified atom stereocenters. The van der Waals surface area contributed by atoms with Gasteiger partial charge >= 0.3 is 0 Å². The number of hydrogen-bond acceptors (Lipinski definition) is 4. The van der Waals surface area contributed by atoms with Crippen LogP contribution in [0, 0.1) is 0 Å². The van der Waals surface area contributed by atoms with Crippen LogP contribution in [0.1, 0.15) is 33.3 Å². The molecule has 3 rings (SSSR count). The molecule has 0 fully saturated rings. The Morgan fingerprint density at radius 3 is 2.39 bits per heavy atom. The number of amides is 2. The van der Waals surface area contributed by atoms with E-state index in [-0.39, 0.29) is 17.5 Å². The Morgan fingerprint density at radius 2 is 1.68 bits per heavy atom. The smallest absolute Gasteiger partial charge is 0.274 e. The number of ether oxygens (including phenoxy) is 1. The molecule has 6 nitrogen and oxygen atoms in total. The second kappa shape index (κ2) is 8.81. The Bertz CT molecular complexity index is 984. The predicted octanol–water partition coefficient (Wildman–Crippen LogP) is 4.16. The fourth-order valence-corrected chi connectivity index (χ4v) is 2.62. The molecule has 2 amide bonds. The van der Waals surface area contributed by atoms with Gasteiger partial charge in [-0.1, -0.05) is 25.1 Å². The molecule has 2 N–H and O–H groups in total. The molecule has 0 bridgehead atoms. The van der Waals surface area contributed by atoms with Crippen molar-refractivity contribution < 1.29 is 14.3 Å². The van der Waals surface area contributed by atoms with Gasteiger partial charge in [-0.15, -0.1) is 0 Å². The summed E-state index contributed by atoms with van der Waals surface area (Å²) in [6.07, 6.45) is 2.37. The molecule has 0 saturated heterocycles. The van der Waals surface area contributed by atoms with Gasteiger partial charge in [0.2, 0.25) is 0 Å². The van der Waals surface area contributed by atoms with E-state index in [9.17, 15) is 9.59 Å². The number of rotatable bonds is 6. The highest BCUT2D eigenvalue weighted by Gasteiger charge is 2.13. The Morgan fingerprint density at radius 1 is 0.929 bits per heavy atom. The molecule has 0 aliphatic rings. The largest absolute Gasteiger partial charge is 0.497 e. The van der Waals surface area contributed by atoms with Crippen LogP contribution in [0.4, 0.5) is 11.4 Å². The maximum atomic E-state index is 12.5. The SMILES string of the molecule is CCc1ccc(NC(=O)c2cc(C(=O)Nc3cccc(OC)c3)ccn2)cc1. The van der Waals surface area contributed by atoms with Crippen LogP contribution in [0.5, 0.6) is 5.75 Å². The van der Waals surface area contributed by atoms with E-state index in [4.69, 9.17) is 4.74 Å². The fourth-order valence-electron chi connectivity index (χ4n) is 2.62. The van der Waals surface area contributed by atoms with Gasteiger partial charge in [0.15, 0.2) is 0 Å². The third-order valence-electron chi connectivity index (χ3n) is 4.20. The summed E-state index contributed by atoms with van der Waals surface area (Å²) in [5.74, 6) is -0.0704. The van der Waals surface area contributed by atoms with Crippen molar-refractivity contribution in [3.63, 3.8) is 0 Å². The van der Waals surface area contributed by atoms with Gasteiger partial charge in [0.05, 0.1) is 7.11 Å². The van der Waals surface area contributed by atoms with Crippen molar-refractivity contribution in [3.8, 4) is 5.75 Å². The van der Waals surface area contributed by atoms with E-state index >= 15 is 0 Å². The van der Waals surface area contributed by atoms with Crippen molar-refractivity contribution in [2.45, 2.75) is 13.3 Å². The summed E-state index contributed by atoms with van der Waals surface area (Å²) in [6, 6.07) is 17.7. The zero-order valence-electron chi connectivity index (χ0n) is 15.7. The van der Waals surface area contributed by atoms with Crippen LogP contribution in [0.2, 0.25) is 0 Å². The topological polar surface area (TPSA) is 80.3 Å². The Hall–Kier alpha value is -3.67. The molecule has 0 radical (unpaired) electrons. The lowest BCUT2D eigenvalue weighted by Gasteiger charge is -2.09. The summed E-state index contributed by atoms with van der Waals surface area (Å²) in [7, 11) is 1.56. The van der Waals surface area contributed by atoms with Gasteiger partial charge in [0, 0.05) is 29.2 Å². The Balaban J connectivity index is 1.71. The highest BCUT2D eigenvalue weighted by Crippen LogP contribution is 2.18. The Kier molecular flexibility index (Phi) is 6.01. The van der Waals surface area contributed by atoms with E-state index < -0.39 is 0 Å². The lowest BCUT2D eigenvalue weighted by Crippen LogP contribution is -2.17. The van der Waals surface area contributed by atoms with Gasteiger partial charge in [-0.05, 0) is 48.4 Å². The molecule has 3 aromatic rings. The van der Waals surface area contributed by atoms with E-state index in [1.54, 1.807) is 37.4 Å². The molecule has 6 heteroatoms. The first kappa shape index (κ1) is 19.1. The van der Waals surface area contributed by atoms with Gasteiger partial charge in [-0.25, -0.2) is 0 Å². The van der Waals surface area contributed by atoms with Crippen molar-refractivity contribution in [1.82, 2.24) is 4.98 Å². The Labute approximate surface area is 163 Å². The first-order chi connectivity index (χ1) is 13.6. The maximum Gasteiger partial charge on any atom is 0.274 e. The molecule has 0 aliphatic heterocycles. The maximum absolute atomic E-state index is 12.5. The van der Waals surface area contributed by atoms with Crippen LogP contribution in [0.25, 0.3) is 0 Å². The molecular formula is C22H21N3O3. The number of aryl methyl sites for hydroxylation is 1. The van der Waals surface area contributed by atoms with Crippen LogP contribution in [-0.2, 0) is 6.42 Å². The third kappa shape index (κ3) is 4.73. The quantitative estimate of drug-likeness (QED) is 0.678. The summed E-state index contributed by atoms with van der Waals surface area (Å²) in [5.41, 5.74) is 2.97. The predicted molar refractivity (Wildman–Crippen MR) is 109 cm³/mol. The van der Waals surface area contributed by atoms with Gasteiger partial charge in [0.1, 0.15) is 11.4 Å². The number of hydrogen-bond donors (Lipinski definition) is 2. The third-order valence-corrected chi connectivity index (χ3v) is 4.20. The van der Waals surface area contributed by atoms with Gasteiger partial charge < -0.3 is 15.4 Å². The second-order valence-electron chi connectivity index (χ2n) is 6.12. The molecule has 142 valence electrons. The highest BCUT2D eigenvalue weighted by molar-refractivity contribution is 6.07. The van der Waals surface area contributed by atoms with Crippen LogP contribution in [0.15, 0.2) is 66.9 Å². The van der Waals surface area contributed by atoms with Crippen molar-refractivity contribution >= 4 is 23.2 Å². The normalized spacial score (nSPS) is 10.2. The average molecular weight is 375 g/mol. The number of aromatic nitrogens is 1. The summed E-state index contributed by atoms with van der Waals surface area (Å²) in [5, 5.41) is 5.57. The van der Waals surface area contributed by atoms with Crippen molar-refractivity contribution in [2.24, 2.45) is 0 Å². The lowest BCUT2D eigenvalue weighted by molar-refractivity contribution is 0.102. The van der Waals surface area contributed by atoms with E-state index in [0.717, 1.165) is 6.42 Å². The van der Waals surface area contributed by atoms with Gasteiger partial charge in [-0.3, -0.25) is 14.6 Å². The molecule has 0 spiro atoms. The number of carbonyl (C=O) groups excluding carboxylic acids is 2. The lowest BCUT2D eigenvalue weighted by atomic mass is 10.1. The van der Waals surface area contributed by atoms with Crippen molar-refractivity contribution in [2.75, 3.05) is 17.7 Å². The summed E-state index contributed by atoms with van der Waals surface area (Å²) < 4.78 is 5.15. The minimum Gasteiger partial charge on any atom is -0.497 e. The molecule has 0 atom stereocenters. The van der Waals surface area contributed by atoms with Gasteiger partial charge in [-0.2, -0.15) is 0 Å². The fraction of sp³-hybridized carbons (Fsp3) is 0.136. The minimum atomic E-state index is -0.375. The van der Waals surface area contributed by atoms with Crippen LogP contribution >= 0.6 is 0 Å². The molecular weight excluding hydrogens is 354 g/mol.